The summed E-state index contributed by atoms with van der Waals surface area (Å²) in [5, 5.41) is 9.94. The zero-order chi connectivity index (χ0) is 24.6. The van der Waals surface area contributed by atoms with Crippen LogP contribution >= 0.6 is 11.3 Å². The lowest BCUT2D eigenvalue weighted by Crippen LogP contribution is -2.38. The van der Waals surface area contributed by atoms with Crippen LogP contribution in [-0.2, 0) is 11.3 Å². The number of carbonyl (C=O) groups is 1. The molecule has 0 saturated carbocycles. The Morgan fingerprint density at radius 2 is 1.78 bits per heavy atom. The zero-order valence-electron chi connectivity index (χ0n) is 19.9. The molecule has 1 saturated heterocycles. The molecule has 2 amide bonds. The van der Waals surface area contributed by atoms with Gasteiger partial charge in [-0.2, -0.15) is 0 Å². The van der Waals surface area contributed by atoms with E-state index < -0.39 is 0 Å². The molecule has 0 bridgehead atoms. The molecule has 9 heteroatoms. The van der Waals surface area contributed by atoms with Gasteiger partial charge in [0.05, 0.1) is 23.4 Å². The Kier molecular flexibility index (Phi) is 7.92. The molecule has 1 aliphatic rings. The molecule has 36 heavy (non-hydrogen) atoms. The number of carbonyl (C=O) groups excluding carboxylic acids is 1. The number of morpholine rings is 1. The number of anilines is 3. The van der Waals surface area contributed by atoms with Crippen LogP contribution in [0, 0.1) is 0 Å². The third-order valence-electron chi connectivity index (χ3n) is 5.80. The second-order valence-corrected chi connectivity index (χ2v) is 9.48. The van der Waals surface area contributed by atoms with Crippen molar-refractivity contribution in [2.45, 2.75) is 6.54 Å². The van der Waals surface area contributed by atoms with Crippen LogP contribution in [0.15, 0.2) is 72.8 Å². The standard InChI is InChI=1S/C27H29N5O3S/c33-26(29-21-6-2-1-3-7-21)30-22-8-4-5-20(17-22)19-28-27-31-24-10-9-23(18-25(24)36-27)35-16-13-32-11-14-34-15-12-32/h1-10,17-18H,11-16,19H2,(H,28,31)(H2,29,30,33). The Bertz CT molecular complexity index is 1290. The molecular weight excluding hydrogens is 474 g/mol. The minimum atomic E-state index is -0.277. The van der Waals surface area contributed by atoms with Crippen molar-refractivity contribution >= 4 is 44.1 Å². The van der Waals surface area contributed by atoms with E-state index in [-0.39, 0.29) is 6.03 Å². The number of amides is 2. The SMILES string of the molecule is O=C(Nc1ccccc1)Nc1cccc(CNc2nc3ccc(OCCN4CCOCC4)cc3s2)c1. The lowest BCUT2D eigenvalue weighted by Gasteiger charge is -2.26. The van der Waals surface area contributed by atoms with Crippen molar-refractivity contribution in [3.8, 4) is 5.75 Å². The van der Waals surface area contributed by atoms with E-state index in [1.54, 1.807) is 11.3 Å². The predicted octanol–water partition coefficient (Wildman–Crippen LogP) is 5.26. The minimum absolute atomic E-state index is 0.277. The molecule has 3 aromatic carbocycles. The molecule has 1 aliphatic heterocycles. The Morgan fingerprint density at radius 1 is 0.972 bits per heavy atom. The van der Waals surface area contributed by atoms with Crippen molar-refractivity contribution in [1.29, 1.82) is 0 Å². The molecule has 1 fully saturated rings. The van der Waals surface area contributed by atoms with E-state index in [4.69, 9.17) is 14.5 Å². The van der Waals surface area contributed by atoms with Gasteiger partial charge in [-0.15, -0.1) is 0 Å². The molecule has 0 radical (unpaired) electrons. The van der Waals surface area contributed by atoms with Crippen molar-refractivity contribution in [2.75, 3.05) is 55.4 Å². The monoisotopic (exact) mass is 503 g/mol. The number of fused-ring (bicyclic) bond motifs is 1. The number of urea groups is 1. The second-order valence-electron chi connectivity index (χ2n) is 8.45. The van der Waals surface area contributed by atoms with Gasteiger partial charge in [0.15, 0.2) is 5.13 Å². The lowest BCUT2D eigenvalue weighted by molar-refractivity contribution is 0.0322. The molecule has 0 aliphatic carbocycles. The average Bonchev–Trinajstić information content (AvgIpc) is 3.31. The van der Waals surface area contributed by atoms with E-state index in [0.29, 0.717) is 13.2 Å². The van der Waals surface area contributed by atoms with Gasteiger partial charge in [0, 0.05) is 37.6 Å². The maximum absolute atomic E-state index is 12.3. The van der Waals surface area contributed by atoms with Gasteiger partial charge in [0.2, 0.25) is 0 Å². The van der Waals surface area contributed by atoms with Crippen molar-refractivity contribution in [3.05, 3.63) is 78.4 Å². The van der Waals surface area contributed by atoms with Gasteiger partial charge in [-0.05, 0) is 48.0 Å². The lowest BCUT2D eigenvalue weighted by atomic mass is 10.2. The summed E-state index contributed by atoms with van der Waals surface area (Å²) in [4.78, 5) is 19.3. The van der Waals surface area contributed by atoms with Gasteiger partial charge in [0.25, 0.3) is 0 Å². The van der Waals surface area contributed by atoms with E-state index in [1.165, 1.54) is 0 Å². The van der Waals surface area contributed by atoms with Crippen LogP contribution in [0.2, 0.25) is 0 Å². The Balaban J connectivity index is 1.13. The number of nitrogens with zero attached hydrogens (tertiary/aromatic N) is 2. The van der Waals surface area contributed by atoms with Gasteiger partial charge >= 0.3 is 6.03 Å². The number of thiazole rings is 1. The van der Waals surface area contributed by atoms with E-state index in [1.807, 2.05) is 72.8 Å². The second kappa shape index (κ2) is 11.9. The Morgan fingerprint density at radius 3 is 2.64 bits per heavy atom. The number of nitrogens with one attached hydrogen (secondary N) is 3. The zero-order valence-corrected chi connectivity index (χ0v) is 20.7. The molecular formula is C27H29N5O3S. The van der Waals surface area contributed by atoms with Crippen LogP contribution < -0.4 is 20.7 Å². The predicted molar refractivity (Wildman–Crippen MR) is 145 cm³/mol. The summed E-state index contributed by atoms with van der Waals surface area (Å²) in [6.45, 7) is 5.68. The summed E-state index contributed by atoms with van der Waals surface area (Å²) in [5.74, 6) is 0.860. The van der Waals surface area contributed by atoms with Crippen molar-refractivity contribution in [2.24, 2.45) is 0 Å². The van der Waals surface area contributed by atoms with E-state index in [0.717, 1.165) is 70.9 Å². The van der Waals surface area contributed by atoms with Gasteiger partial charge in [-0.1, -0.05) is 41.7 Å². The van der Waals surface area contributed by atoms with Gasteiger partial charge in [-0.3, -0.25) is 4.90 Å². The van der Waals surface area contributed by atoms with Gasteiger partial charge < -0.3 is 25.4 Å². The molecule has 1 aromatic heterocycles. The molecule has 4 aromatic rings. The summed E-state index contributed by atoms with van der Waals surface area (Å²) < 4.78 is 12.4. The number of benzene rings is 3. The van der Waals surface area contributed by atoms with Crippen LogP contribution in [0.3, 0.4) is 0 Å². The fourth-order valence-electron chi connectivity index (χ4n) is 3.94. The first kappa shape index (κ1) is 24.1. The summed E-state index contributed by atoms with van der Waals surface area (Å²) >= 11 is 1.60. The smallest absolute Gasteiger partial charge is 0.323 e. The molecule has 0 atom stereocenters. The molecule has 3 N–H and O–H groups in total. The highest BCUT2D eigenvalue weighted by molar-refractivity contribution is 7.22. The Hall–Kier alpha value is -3.66. The van der Waals surface area contributed by atoms with Crippen LogP contribution in [0.25, 0.3) is 10.2 Å². The number of rotatable bonds is 9. The summed E-state index contributed by atoms with van der Waals surface area (Å²) in [6, 6.07) is 22.9. The number of para-hydroxylation sites is 1. The number of aromatic nitrogens is 1. The van der Waals surface area contributed by atoms with Crippen LogP contribution in [0.1, 0.15) is 5.56 Å². The number of ether oxygens (including phenoxy) is 2. The molecule has 0 unspecified atom stereocenters. The first-order valence-corrected chi connectivity index (χ1v) is 12.8. The van der Waals surface area contributed by atoms with Crippen LogP contribution in [-0.4, -0.2) is 55.4 Å². The minimum Gasteiger partial charge on any atom is -0.492 e. The highest BCUT2D eigenvalue weighted by Crippen LogP contribution is 2.29. The van der Waals surface area contributed by atoms with Crippen molar-refractivity contribution in [1.82, 2.24) is 9.88 Å². The molecule has 5 rings (SSSR count). The summed E-state index contributed by atoms with van der Waals surface area (Å²) in [7, 11) is 0. The summed E-state index contributed by atoms with van der Waals surface area (Å²) in [5.41, 5.74) is 3.45. The average molecular weight is 504 g/mol. The van der Waals surface area contributed by atoms with Gasteiger partial charge in [-0.25, -0.2) is 9.78 Å². The van der Waals surface area contributed by atoms with Crippen LogP contribution in [0.4, 0.5) is 21.3 Å². The van der Waals surface area contributed by atoms with Crippen molar-refractivity contribution < 1.29 is 14.3 Å². The largest absolute Gasteiger partial charge is 0.492 e. The molecule has 0 spiro atoms. The van der Waals surface area contributed by atoms with Crippen LogP contribution in [0.5, 0.6) is 5.75 Å². The normalized spacial score (nSPS) is 13.9. The molecule has 186 valence electrons. The molecule has 2 heterocycles. The maximum Gasteiger partial charge on any atom is 0.323 e. The first-order valence-electron chi connectivity index (χ1n) is 12.0. The maximum atomic E-state index is 12.3. The van der Waals surface area contributed by atoms with E-state index in [9.17, 15) is 4.79 Å². The molecule has 8 nitrogen and oxygen atoms in total. The first-order chi connectivity index (χ1) is 17.7. The van der Waals surface area contributed by atoms with Crippen molar-refractivity contribution in [3.63, 3.8) is 0 Å². The summed E-state index contributed by atoms with van der Waals surface area (Å²) in [6.07, 6.45) is 0. The fraction of sp³-hybridized carbons (Fsp3) is 0.259. The topological polar surface area (TPSA) is 87.8 Å². The van der Waals surface area contributed by atoms with E-state index >= 15 is 0 Å². The highest BCUT2D eigenvalue weighted by Gasteiger charge is 2.11. The quantitative estimate of drug-likeness (QED) is 0.289. The number of hydrogen-bond donors (Lipinski definition) is 3. The third kappa shape index (κ3) is 6.72. The van der Waals surface area contributed by atoms with E-state index in [2.05, 4.69) is 20.9 Å². The highest BCUT2D eigenvalue weighted by atomic mass is 32.1. The third-order valence-corrected chi connectivity index (χ3v) is 6.78. The fourth-order valence-corrected chi connectivity index (χ4v) is 4.83. The number of hydrogen-bond acceptors (Lipinski definition) is 7. The van der Waals surface area contributed by atoms with Gasteiger partial charge in [0.1, 0.15) is 12.4 Å². The Labute approximate surface area is 214 Å².